The second kappa shape index (κ2) is 8.71. The first-order chi connectivity index (χ1) is 16.7. The Morgan fingerprint density at radius 2 is 2.00 bits per heavy atom. The van der Waals surface area contributed by atoms with E-state index in [9.17, 15) is 19.5 Å². The lowest BCUT2D eigenvalue weighted by Gasteiger charge is -2.22. The van der Waals surface area contributed by atoms with Crippen LogP contribution in [0.1, 0.15) is 40.8 Å². The molecule has 1 aliphatic rings. The molecular weight excluding hydrogens is 496 g/mol. The predicted molar refractivity (Wildman–Crippen MR) is 126 cm³/mol. The highest BCUT2D eigenvalue weighted by Gasteiger charge is 2.48. The number of anilines is 1. The average molecular weight is 513 g/mol. The number of amides is 1. The number of aromatic nitrogens is 1. The molecule has 0 radical (unpaired) electrons. The van der Waals surface area contributed by atoms with Crippen LogP contribution in [-0.2, 0) is 20.9 Å². The van der Waals surface area contributed by atoms with Gasteiger partial charge in [0.1, 0.15) is 29.9 Å². The summed E-state index contributed by atoms with van der Waals surface area (Å²) >= 11 is 7.27. The summed E-state index contributed by atoms with van der Waals surface area (Å²) in [5.74, 6) is -1.77. The summed E-state index contributed by atoms with van der Waals surface area (Å²) < 4.78 is 17.0. The quantitative estimate of drug-likeness (QED) is 0.273. The van der Waals surface area contributed by atoms with Crippen molar-refractivity contribution >= 4 is 55.9 Å². The number of carbonyl (C=O) groups excluding carboxylic acids is 3. The number of aliphatic hydroxyl groups is 1. The molecule has 35 heavy (non-hydrogen) atoms. The monoisotopic (exact) mass is 512 g/mol. The van der Waals surface area contributed by atoms with Crippen LogP contribution < -0.4 is 4.90 Å². The molecule has 0 aliphatic carbocycles. The number of carbonyl (C=O) groups is 3. The largest absolute Gasteiger partial charge is 0.503 e. The van der Waals surface area contributed by atoms with Gasteiger partial charge in [-0.1, -0.05) is 22.9 Å². The molecule has 9 nitrogen and oxygen atoms in total. The number of Topliss-reactive ketones (excluding diaryl/α,β-unsaturated/α-hetero) is 1. The van der Waals surface area contributed by atoms with Crippen LogP contribution in [0.15, 0.2) is 62.6 Å². The summed E-state index contributed by atoms with van der Waals surface area (Å²) in [6.45, 7) is 2.81. The van der Waals surface area contributed by atoms with Crippen LogP contribution in [0.5, 0.6) is 0 Å². The van der Waals surface area contributed by atoms with Crippen LogP contribution in [0.4, 0.5) is 5.13 Å². The Morgan fingerprint density at radius 3 is 2.71 bits per heavy atom. The van der Waals surface area contributed by atoms with Crippen molar-refractivity contribution in [2.24, 2.45) is 0 Å². The van der Waals surface area contributed by atoms with Gasteiger partial charge in [0.2, 0.25) is 5.78 Å². The van der Waals surface area contributed by atoms with E-state index in [1.165, 1.54) is 29.2 Å². The van der Waals surface area contributed by atoms with Crippen LogP contribution in [0, 0.1) is 6.92 Å². The standard InChI is InChI=1S/C24H17ClN2O7S/c1-11-3-7-17(33-11)21(29)19-20(16-8-5-14(34-16)10-32-12(2)28)27(23(31)22(19)30)24-26-15-6-4-13(25)9-18(15)35-24/h3-9,20,30H,10H2,1-2H3. The van der Waals surface area contributed by atoms with Crippen LogP contribution in [-0.4, -0.2) is 27.8 Å². The van der Waals surface area contributed by atoms with Crippen molar-refractivity contribution in [3.05, 3.63) is 81.9 Å². The molecule has 1 aromatic carbocycles. The smallest absolute Gasteiger partial charge is 0.303 e. The zero-order valence-electron chi connectivity index (χ0n) is 18.4. The molecule has 1 amide bonds. The SMILES string of the molecule is CC(=O)OCc1ccc(C2C(C(=O)c3ccc(C)o3)=C(O)C(=O)N2c2nc3ccc(Cl)cc3s2)o1. The second-order valence-corrected chi connectivity index (χ2v) is 9.22. The molecule has 1 aliphatic heterocycles. The fraction of sp³-hybridized carbons (Fsp3) is 0.167. The molecule has 0 saturated carbocycles. The van der Waals surface area contributed by atoms with E-state index in [-0.39, 0.29) is 28.8 Å². The topological polar surface area (TPSA) is 123 Å². The van der Waals surface area contributed by atoms with E-state index in [1.807, 2.05) is 0 Å². The van der Waals surface area contributed by atoms with E-state index in [0.717, 1.165) is 4.70 Å². The molecule has 11 heteroatoms. The van der Waals surface area contributed by atoms with Crippen LogP contribution in [0.25, 0.3) is 10.2 Å². The van der Waals surface area contributed by atoms with E-state index in [0.29, 0.717) is 22.1 Å². The molecule has 1 unspecified atom stereocenters. The first kappa shape index (κ1) is 22.9. The molecule has 4 heterocycles. The number of furan rings is 2. The van der Waals surface area contributed by atoms with Crippen LogP contribution in [0.3, 0.4) is 0 Å². The van der Waals surface area contributed by atoms with Crippen molar-refractivity contribution in [1.29, 1.82) is 0 Å². The van der Waals surface area contributed by atoms with Gasteiger partial charge < -0.3 is 18.7 Å². The van der Waals surface area contributed by atoms with Gasteiger partial charge in [0, 0.05) is 11.9 Å². The van der Waals surface area contributed by atoms with Crippen molar-refractivity contribution in [2.45, 2.75) is 26.5 Å². The lowest BCUT2D eigenvalue weighted by atomic mass is 10.00. The van der Waals surface area contributed by atoms with Crippen molar-refractivity contribution in [2.75, 3.05) is 4.90 Å². The number of halogens is 1. The first-order valence-corrected chi connectivity index (χ1v) is 11.6. The van der Waals surface area contributed by atoms with E-state index >= 15 is 0 Å². The van der Waals surface area contributed by atoms with Gasteiger partial charge in [-0.3, -0.25) is 19.3 Å². The number of benzene rings is 1. The minimum atomic E-state index is -1.14. The summed E-state index contributed by atoms with van der Waals surface area (Å²) in [5.41, 5.74) is 0.381. The molecule has 4 aromatic rings. The van der Waals surface area contributed by atoms with Gasteiger partial charge in [-0.25, -0.2) is 4.98 Å². The highest BCUT2D eigenvalue weighted by molar-refractivity contribution is 7.22. The van der Waals surface area contributed by atoms with Gasteiger partial charge >= 0.3 is 5.97 Å². The van der Waals surface area contributed by atoms with Crippen LogP contribution >= 0.6 is 22.9 Å². The van der Waals surface area contributed by atoms with Gasteiger partial charge in [-0.15, -0.1) is 0 Å². The predicted octanol–water partition coefficient (Wildman–Crippen LogP) is 5.29. The Labute approximate surface area is 207 Å². The van der Waals surface area contributed by atoms with Crippen molar-refractivity contribution in [1.82, 2.24) is 4.98 Å². The number of ketones is 1. The van der Waals surface area contributed by atoms with E-state index in [1.54, 1.807) is 43.3 Å². The molecule has 0 saturated heterocycles. The lowest BCUT2D eigenvalue weighted by Crippen LogP contribution is -2.30. The number of thiazole rings is 1. The highest BCUT2D eigenvalue weighted by atomic mass is 35.5. The van der Waals surface area contributed by atoms with Gasteiger partial charge in [0.15, 0.2) is 16.7 Å². The molecule has 0 fully saturated rings. The maximum atomic E-state index is 13.4. The fourth-order valence-electron chi connectivity index (χ4n) is 3.77. The summed E-state index contributed by atoms with van der Waals surface area (Å²) in [7, 11) is 0. The molecule has 3 aromatic heterocycles. The van der Waals surface area contributed by atoms with E-state index < -0.39 is 29.5 Å². The molecule has 178 valence electrons. The van der Waals surface area contributed by atoms with Gasteiger partial charge in [-0.2, -0.15) is 0 Å². The Kier molecular flexibility index (Phi) is 5.70. The third-order valence-electron chi connectivity index (χ3n) is 5.33. The average Bonchev–Trinajstić information content (AvgIpc) is 3.58. The maximum absolute atomic E-state index is 13.4. The van der Waals surface area contributed by atoms with Gasteiger partial charge in [-0.05, 0) is 49.4 Å². The number of fused-ring (bicyclic) bond motifs is 1. The maximum Gasteiger partial charge on any atom is 0.303 e. The Morgan fingerprint density at radius 1 is 1.20 bits per heavy atom. The molecule has 1 atom stereocenters. The third kappa shape index (κ3) is 4.11. The minimum Gasteiger partial charge on any atom is -0.503 e. The summed E-state index contributed by atoms with van der Waals surface area (Å²) in [6, 6.07) is 10.1. The van der Waals surface area contributed by atoms with Crippen molar-refractivity contribution in [3.8, 4) is 0 Å². The lowest BCUT2D eigenvalue weighted by molar-refractivity contribution is -0.142. The third-order valence-corrected chi connectivity index (χ3v) is 6.58. The zero-order valence-corrected chi connectivity index (χ0v) is 20.0. The summed E-state index contributed by atoms with van der Waals surface area (Å²) in [4.78, 5) is 43.5. The molecule has 5 rings (SSSR count). The molecule has 0 spiro atoms. The van der Waals surface area contributed by atoms with E-state index in [4.69, 9.17) is 25.2 Å². The van der Waals surface area contributed by atoms with Gasteiger partial charge in [0.05, 0.1) is 15.8 Å². The number of hydrogen-bond donors (Lipinski definition) is 1. The number of hydrogen-bond acceptors (Lipinski definition) is 9. The Hall–Kier alpha value is -3.89. The number of esters is 1. The second-order valence-electron chi connectivity index (χ2n) is 7.77. The normalized spacial score (nSPS) is 15.9. The summed E-state index contributed by atoms with van der Waals surface area (Å²) in [5, 5.41) is 11.6. The Bertz CT molecular complexity index is 1530. The number of aryl methyl sites for hydroxylation is 1. The first-order valence-electron chi connectivity index (χ1n) is 10.4. The molecule has 0 bridgehead atoms. The summed E-state index contributed by atoms with van der Waals surface area (Å²) in [6.07, 6.45) is 0. The molecule has 1 N–H and O–H groups in total. The van der Waals surface area contributed by atoms with Crippen molar-refractivity contribution in [3.63, 3.8) is 0 Å². The zero-order chi connectivity index (χ0) is 24.9. The van der Waals surface area contributed by atoms with E-state index in [2.05, 4.69) is 4.98 Å². The fourth-order valence-corrected chi connectivity index (χ4v) is 5.04. The Balaban J connectivity index is 1.62. The highest BCUT2D eigenvalue weighted by Crippen LogP contribution is 2.45. The number of rotatable bonds is 6. The number of ether oxygens (including phenoxy) is 1. The molecular formula is C24H17ClN2O7S. The van der Waals surface area contributed by atoms with Crippen LogP contribution in [0.2, 0.25) is 5.02 Å². The minimum absolute atomic E-state index is 0.0357. The number of nitrogens with zero attached hydrogens (tertiary/aromatic N) is 2. The van der Waals surface area contributed by atoms with Crippen molar-refractivity contribution < 1.29 is 33.1 Å². The van der Waals surface area contributed by atoms with Gasteiger partial charge in [0.25, 0.3) is 5.91 Å². The number of aliphatic hydroxyl groups excluding tert-OH is 1.